The quantitative estimate of drug-likeness (QED) is 0.643. The van der Waals surface area contributed by atoms with Gasteiger partial charge in [0.25, 0.3) is 5.56 Å². The number of hydrogen-bond acceptors (Lipinski definition) is 5. The van der Waals surface area contributed by atoms with Gasteiger partial charge in [0.05, 0.1) is 13.2 Å². The third kappa shape index (κ3) is 5.40. The molecule has 1 N–H and O–H groups in total. The van der Waals surface area contributed by atoms with E-state index in [1.54, 1.807) is 24.1 Å². The van der Waals surface area contributed by atoms with Crippen molar-refractivity contribution in [2.45, 2.75) is 20.0 Å². The highest BCUT2D eigenvalue weighted by Gasteiger charge is 2.23. The van der Waals surface area contributed by atoms with E-state index in [9.17, 15) is 14.7 Å². The summed E-state index contributed by atoms with van der Waals surface area (Å²) in [6.07, 6.45) is 1.41. The summed E-state index contributed by atoms with van der Waals surface area (Å²) in [6, 6.07) is 7.54. The fourth-order valence-electron chi connectivity index (χ4n) is 3.23. The van der Waals surface area contributed by atoms with Gasteiger partial charge in [0.15, 0.2) is 5.75 Å². The molecule has 0 atom stereocenters. The van der Waals surface area contributed by atoms with Crippen LogP contribution in [0.3, 0.4) is 0 Å². The highest BCUT2D eigenvalue weighted by atomic mass is 79.9. The van der Waals surface area contributed by atoms with Crippen LogP contribution in [0.25, 0.3) is 0 Å². The normalized spacial score (nSPS) is 14.8. The predicted molar refractivity (Wildman–Crippen MR) is 117 cm³/mol. The Morgan fingerprint density at radius 2 is 1.83 bits per heavy atom. The van der Waals surface area contributed by atoms with Crippen molar-refractivity contribution in [1.29, 1.82) is 0 Å². The maximum Gasteiger partial charge on any atom is 0.409 e. The molecular weight excluding hydrogens is 506 g/mol. The summed E-state index contributed by atoms with van der Waals surface area (Å²) in [6.45, 7) is 5.41. The van der Waals surface area contributed by atoms with Gasteiger partial charge in [-0.3, -0.25) is 9.69 Å². The molecule has 7 nitrogen and oxygen atoms in total. The van der Waals surface area contributed by atoms with Gasteiger partial charge in [0.1, 0.15) is 0 Å². The molecule has 1 aliphatic rings. The fourth-order valence-corrected chi connectivity index (χ4v) is 4.40. The van der Waals surface area contributed by atoms with Gasteiger partial charge in [0.2, 0.25) is 0 Å². The first-order chi connectivity index (χ1) is 13.9. The van der Waals surface area contributed by atoms with Crippen molar-refractivity contribution in [1.82, 2.24) is 14.4 Å². The Morgan fingerprint density at radius 3 is 2.48 bits per heavy atom. The van der Waals surface area contributed by atoms with Crippen molar-refractivity contribution in [2.75, 3.05) is 32.8 Å². The van der Waals surface area contributed by atoms with E-state index in [1.807, 2.05) is 18.2 Å². The number of nitrogens with zero attached hydrogens (tertiary/aromatic N) is 3. The van der Waals surface area contributed by atoms with Crippen LogP contribution in [-0.2, 0) is 17.8 Å². The van der Waals surface area contributed by atoms with E-state index in [-0.39, 0.29) is 11.8 Å². The number of carbonyl (C=O) groups is 1. The van der Waals surface area contributed by atoms with Crippen molar-refractivity contribution in [2.24, 2.45) is 0 Å². The van der Waals surface area contributed by atoms with Gasteiger partial charge in [-0.15, -0.1) is 0 Å². The van der Waals surface area contributed by atoms with Crippen molar-refractivity contribution in [3.8, 4) is 5.75 Å². The third-order valence-corrected chi connectivity index (χ3v) is 6.10. The van der Waals surface area contributed by atoms with Crippen molar-refractivity contribution in [3.63, 3.8) is 0 Å². The maximum atomic E-state index is 12.6. The molecule has 1 saturated heterocycles. The van der Waals surface area contributed by atoms with E-state index < -0.39 is 5.56 Å². The number of aromatic nitrogens is 1. The van der Waals surface area contributed by atoms with Crippen LogP contribution in [0.15, 0.2) is 44.2 Å². The number of pyridine rings is 1. The zero-order chi connectivity index (χ0) is 21.0. The van der Waals surface area contributed by atoms with Crippen LogP contribution in [0.4, 0.5) is 4.79 Å². The van der Waals surface area contributed by atoms with E-state index in [0.29, 0.717) is 51.4 Å². The first-order valence-electron chi connectivity index (χ1n) is 9.38. The summed E-state index contributed by atoms with van der Waals surface area (Å²) in [5.74, 6) is -0.228. The number of piperazine rings is 1. The van der Waals surface area contributed by atoms with Crippen LogP contribution in [0.1, 0.15) is 18.1 Å². The average Bonchev–Trinajstić information content (AvgIpc) is 2.70. The molecule has 0 spiro atoms. The molecule has 0 unspecified atom stereocenters. The Hall–Kier alpha value is -1.84. The predicted octanol–water partition coefficient (Wildman–Crippen LogP) is 3.40. The van der Waals surface area contributed by atoms with Crippen LogP contribution in [0, 0.1) is 0 Å². The summed E-state index contributed by atoms with van der Waals surface area (Å²) >= 11 is 6.91. The molecule has 2 heterocycles. The number of hydrogen-bond donors (Lipinski definition) is 1. The Balaban J connectivity index is 1.66. The largest absolute Gasteiger partial charge is 0.503 e. The standard InChI is InChI=1S/C20H23Br2N3O4/c1-2-29-20(28)24-9-7-23(8-10-24)12-15-5-6-25(19(27)18(15)26)13-14-3-4-16(21)11-17(14)22/h3-6,11,26H,2,7-10,12-13H2,1H3. The molecule has 0 bridgehead atoms. The number of benzene rings is 1. The van der Waals surface area contributed by atoms with E-state index in [2.05, 4.69) is 36.8 Å². The topological polar surface area (TPSA) is 75.0 Å². The van der Waals surface area contributed by atoms with Gasteiger partial charge in [-0.05, 0) is 30.7 Å². The summed E-state index contributed by atoms with van der Waals surface area (Å²) in [7, 11) is 0. The minimum absolute atomic E-state index is 0.228. The summed E-state index contributed by atoms with van der Waals surface area (Å²) in [4.78, 5) is 28.2. The molecule has 0 radical (unpaired) electrons. The van der Waals surface area contributed by atoms with Gasteiger partial charge in [-0.2, -0.15) is 0 Å². The number of halogens is 2. The lowest BCUT2D eigenvalue weighted by molar-refractivity contribution is 0.0776. The first kappa shape index (κ1) is 21.9. The minimum Gasteiger partial charge on any atom is -0.503 e. The molecule has 1 aromatic carbocycles. The van der Waals surface area contributed by atoms with Gasteiger partial charge in [0, 0.05) is 53.4 Å². The SMILES string of the molecule is CCOC(=O)N1CCN(Cc2ccn(Cc3ccc(Br)cc3Br)c(=O)c2O)CC1. The molecule has 9 heteroatoms. The van der Waals surface area contributed by atoms with Gasteiger partial charge < -0.3 is 19.3 Å². The van der Waals surface area contributed by atoms with E-state index >= 15 is 0 Å². The van der Waals surface area contributed by atoms with Crippen molar-refractivity contribution >= 4 is 38.0 Å². The maximum absolute atomic E-state index is 12.6. The van der Waals surface area contributed by atoms with Gasteiger partial charge >= 0.3 is 6.09 Å². The summed E-state index contributed by atoms with van der Waals surface area (Å²) in [5.41, 5.74) is 1.12. The smallest absolute Gasteiger partial charge is 0.409 e. The van der Waals surface area contributed by atoms with Crippen molar-refractivity contribution in [3.05, 3.63) is 60.9 Å². The Kier molecular flexibility index (Phi) is 7.37. The molecule has 2 aromatic rings. The molecule has 3 rings (SSSR count). The second-order valence-corrected chi connectivity index (χ2v) is 8.59. The van der Waals surface area contributed by atoms with E-state index in [1.165, 1.54) is 4.57 Å². The van der Waals surface area contributed by atoms with Gasteiger partial charge in [-0.1, -0.05) is 37.9 Å². The number of rotatable bonds is 5. The third-order valence-electron chi connectivity index (χ3n) is 4.87. The molecular formula is C20H23Br2N3O4. The molecule has 1 aliphatic heterocycles. The van der Waals surface area contributed by atoms with Crippen molar-refractivity contribution < 1.29 is 14.6 Å². The molecule has 156 valence electrons. The Labute approximate surface area is 186 Å². The Morgan fingerprint density at radius 1 is 1.10 bits per heavy atom. The lowest BCUT2D eigenvalue weighted by atomic mass is 10.2. The minimum atomic E-state index is -0.414. The number of aromatic hydroxyl groups is 1. The molecule has 29 heavy (non-hydrogen) atoms. The fraction of sp³-hybridized carbons (Fsp3) is 0.400. The van der Waals surface area contributed by atoms with E-state index in [0.717, 1.165) is 14.5 Å². The monoisotopic (exact) mass is 527 g/mol. The summed E-state index contributed by atoms with van der Waals surface area (Å²) < 4.78 is 8.35. The zero-order valence-corrected chi connectivity index (χ0v) is 19.3. The first-order valence-corrected chi connectivity index (χ1v) is 11.0. The van der Waals surface area contributed by atoms with Crippen LogP contribution in [-0.4, -0.2) is 58.4 Å². The molecule has 0 aliphatic carbocycles. The summed E-state index contributed by atoms with van der Waals surface area (Å²) in [5, 5.41) is 10.4. The average molecular weight is 529 g/mol. The molecule has 1 fully saturated rings. The second-order valence-electron chi connectivity index (χ2n) is 6.82. The van der Waals surface area contributed by atoms with Crippen LogP contribution in [0.5, 0.6) is 5.75 Å². The number of carbonyl (C=O) groups excluding carboxylic acids is 1. The molecule has 0 saturated carbocycles. The molecule has 1 amide bonds. The lowest BCUT2D eigenvalue weighted by Gasteiger charge is -2.34. The van der Waals surface area contributed by atoms with Crippen LogP contribution in [0.2, 0.25) is 0 Å². The number of ether oxygens (including phenoxy) is 1. The Bertz CT molecular complexity index is 940. The zero-order valence-electron chi connectivity index (χ0n) is 16.1. The van der Waals surface area contributed by atoms with E-state index in [4.69, 9.17) is 4.74 Å². The van der Waals surface area contributed by atoms with Crippen LogP contribution < -0.4 is 5.56 Å². The highest BCUT2D eigenvalue weighted by molar-refractivity contribution is 9.11. The van der Waals surface area contributed by atoms with Gasteiger partial charge in [-0.25, -0.2) is 4.79 Å². The number of amides is 1. The second kappa shape index (κ2) is 9.77. The highest BCUT2D eigenvalue weighted by Crippen LogP contribution is 2.23. The van der Waals surface area contributed by atoms with Crippen LogP contribution >= 0.6 is 31.9 Å². The lowest BCUT2D eigenvalue weighted by Crippen LogP contribution is -2.48. The molecule has 1 aromatic heterocycles.